The summed E-state index contributed by atoms with van der Waals surface area (Å²) in [5.41, 5.74) is 2.57. The second kappa shape index (κ2) is 8.62. The Bertz CT molecular complexity index is 1440. The molecule has 0 amide bonds. The van der Waals surface area contributed by atoms with Gasteiger partial charge in [-0.2, -0.15) is 13.2 Å². The van der Waals surface area contributed by atoms with E-state index >= 15 is 0 Å². The lowest BCUT2D eigenvalue weighted by molar-refractivity contribution is -0.137. The standard InChI is InChI=1S/C26H18F4N4/c27-20-11-9-17(10-12-20)14-31-24-23-22(18-5-2-1-3-6-18)15-34(25(23)33-16-32-24)21-8-4-7-19(13-21)26(28,29)30/h1-13,15-16H,14H2,(H,31,32,33). The number of benzene rings is 3. The van der Waals surface area contributed by atoms with Gasteiger partial charge in [0.05, 0.1) is 10.9 Å². The van der Waals surface area contributed by atoms with Crippen LogP contribution in [-0.2, 0) is 12.7 Å². The summed E-state index contributed by atoms with van der Waals surface area (Å²) >= 11 is 0. The van der Waals surface area contributed by atoms with Gasteiger partial charge < -0.3 is 9.88 Å². The zero-order valence-corrected chi connectivity index (χ0v) is 17.7. The Labute approximate surface area is 192 Å². The van der Waals surface area contributed by atoms with Crippen molar-refractivity contribution in [2.75, 3.05) is 5.32 Å². The van der Waals surface area contributed by atoms with Crippen molar-refractivity contribution in [1.82, 2.24) is 14.5 Å². The fourth-order valence-corrected chi connectivity index (χ4v) is 3.85. The number of nitrogens with one attached hydrogen (secondary N) is 1. The second-order valence-corrected chi connectivity index (χ2v) is 7.73. The van der Waals surface area contributed by atoms with Crippen molar-refractivity contribution in [1.29, 1.82) is 0 Å². The molecule has 1 N–H and O–H groups in total. The number of aromatic nitrogens is 3. The third kappa shape index (κ3) is 4.22. The largest absolute Gasteiger partial charge is 0.416 e. The molecule has 2 aromatic heterocycles. The molecular weight excluding hydrogens is 444 g/mol. The van der Waals surface area contributed by atoms with Crippen molar-refractivity contribution in [3.63, 3.8) is 0 Å². The normalized spacial score (nSPS) is 11.6. The Morgan fingerprint density at radius 2 is 1.62 bits per heavy atom. The third-order valence-corrected chi connectivity index (χ3v) is 5.49. The van der Waals surface area contributed by atoms with Crippen LogP contribution in [0.25, 0.3) is 27.8 Å². The summed E-state index contributed by atoms with van der Waals surface area (Å²) in [4.78, 5) is 8.80. The molecule has 0 saturated carbocycles. The number of hydrogen-bond acceptors (Lipinski definition) is 3. The average molecular weight is 462 g/mol. The van der Waals surface area contributed by atoms with Crippen LogP contribution in [0.3, 0.4) is 0 Å². The maximum atomic E-state index is 13.3. The van der Waals surface area contributed by atoms with E-state index in [4.69, 9.17) is 0 Å². The minimum Gasteiger partial charge on any atom is -0.365 e. The van der Waals surface area contributed by atoms with Crippen LogP contribution in [0, 0.1) is 5.82 Å². The van der Waals surface area contributed by atoms with Crippen LogP contribution in [0.5, 0.6) is 0 Å². The maximum Gasteiger partial charge on any atom is 0.416 e. The molecular formula is C26H18F4N4. The quantitative estimate of drug-likeness (QED) is 0.290. The zero-order chi connectivity index (χ0) is 23.7. The Morgan fingerprint density at radius 1 is 0.853 bits per heavy atom. The molecule has 0 spiro atoms. The van der Waals surface area contributed by atoms with Crippen LogP contribution in [0.1, 0.15) is 11.1 Å². The van der Waals surface area contributed by atoms with Crippen molar-refractivity contribution in [2.24, 2.45) is 0 Å². The van der Waals surface area contributed by atoms with E-state index in [1.165, 1.54) is 24.5 Å². The van der Waals surface area contributed by atoms with Crippen molar-refractivity contribution < 1.29 is 17.6 Å². The number of hydrogen-bond donors (Lipinski definition) is 1. The summed E-state index contributed by atoms with van der Waals surface area (Å²) in [5.74, 6) is 0.205. The maximum absolute atomic E-state index is 13.3. The van der Waals surface area contributed by atoms with Crippen LogP contribution < -0.4 is 5.32 Å². The van der Waals surface area contributed by atoms with E-state index in [-0.39, 0.29) is 5.82 Å². The van der Waals surface area contributed by atoms with Crippen LogP contribution >= 0.6 is 0 Å². The first-order chi connectivity index (χ1) is 16.4. The number of nitrogens with zero attached hydrogens (tertiary/aromatic N) is 3. The number of halogens is 4. The van der Waals surface area contributed by atoms with Gasteiger partial charge >= 0.3 is 6.18 Å². The number of rotatable bonds is 5. The molecule has 2 heterocycles. The van der Waals surface area contributed by atoms with Crippen LogP contribution in [0.2, 0.25) is 0 Å². The highest BCUT2D eigenvalue weighted by Crippen LogP contribution is 2.37. The highest BCUT2D eigenvalue weighted by Gasteiger charge is 2.30. The summed E-state index contributed by atoms with van der Waals surface area (Å²) in [6, 6.07) is 20.7. The Morgan fingerprint density at radius 3 is 2.35 bits per heavy atom. The molecule has 0 aliphatic carbocycles. The number of fused-ring (bicyclic) bond motifs is 1. The molecule has 8 heteroatoms. The molecule has 0 bridgehead atoms. The van der Waals surface area contributed by atoms with Gasteiger partial charge in [-0.1, -0.05) is 48.5 Å². The van der Waals surface area contributed by atoms with Crippen molar-refractivity contribution >= 4 is 16.9 Å². The molecule has 5 rings (SSSR count). The first-order valence-electron chi connectivity index (χ1n) is 10.5. The molecule has 0 aliphatic heterocycles. The van der Waals surface area contributed by atoms with Crippen molar-refractivity contribution in [3.05, 3.63) is 108 Å². The first kappa shape index (κ1) is 21.6. The van der Waals surface area contributed by atoms with Gasteiger partial charge in [-0.15, -0.1) is 0 Å². The zero-order valence-electron chi connectivity index (χ0n) is 17.7. The van der Waals surface area contributed by atoms with Gasteiger partial charge in [-0.25, -0.2) is 14.4 Å². The minimum absolute atomic E-state index is 0.322. The fraction of sp³-hybridized carbons (Fsp3) is 0.0769. The molecule has 4 nitrogen and oxygen atoms in total. The van der Waals surface area contributed by atoms with Crippen molar-refractivity contribution in [3.8, 4) is 16.8 Å². The molecule has 170 valence electrons. The van der Waals surface area contributed by atoms with E-state index in [1.54, 1.807) is 29.0 Å². The predicted molar refractivity (Wildman–Crippen MR) is 123 cm³/mol. The molecule has 5 aromatic rings. The first-order valence-corrected chi connectivity index (χ1v) is 10.5. The molecule has 0 atom stereocenters. The molecule has 34 heavy (non-hydrogen) atoms. The summed E-state index contributed by atoms with van der Waals surface area (Å²) in [7, 11) is 0. The van der Waals surface area contributed by atoms with Crippen molar-refractivity contribution in [2.45, 2.75) is 12.7 Å². The van der Waals surface area contributed by atoms with Gasteiger partial charge in [0.25, 0.3) is 0 Å². The van der Waals surface area contributed by atoms with E-state index in [1.807, 2.05) is 30.3 Å². The molecule has 0 radical (unpaired) electrons. The summed E-state index contributed by atoms with van der Waals surface area (Å²) < 4.78 is 54.9. The summed E-state index contributed by atoms with van der Waals surface area (Å²) in [6.45, 7) is 0.384. The monoisotopic (exact) mass is 462 g/mol. The van der Waals surface area contributed by atoms with Gasteiger partial charge in [0.15, 0.2) is 5.65 Å². The van der Waals surface area contributed by atoms with E-state index in [0.717, 1.165) is 28.8 Å². The average Bonchev–Trinajstić information content (AvgIpc) is 3.24. The minimum atomic E-state index is -4.46. The van der Waals surface area contributed by atoms with E-state index in [0.29, 0.717) is 29.1 Å². The lowest BCUT2D eigenvalue weighted by Gasteiger charge is -2.11. The summed E-state index contributed by atoms with van der Waals surface area (Å²) in [5, 5.41) is 3.94. The Balaban J connectivity index is 1.65. The molecule has 0 unspecified atom stereocenters. The van der Waals surface area contributed by atoms with E-state index in [2.05, 4.69) is 15.3 Å². The lowest BCUT2D eigenvalue weighted by atomic mass is 10.1. The smallest absolute Gasteiger partial charge is 0.365 e. The van der Waals surface area contributed by atoms with Gasteiger partial charge in [0.1, 0.15) is 18.0 Å². The molecule has 0 saturated heterocycles. The Hall–Kier alpha value is -4.20. The highest BCUT2D eigenvalue weighted by atomic mass is 19.4. The van der Waals surface area contributed by atoms with E-state index in [9.17, 15) is 17.6 Å². The van der Waals surface area contributed by atoms with Crippen LogP contribution in [0.4, 0.5) is 23.4 Å². The number of anilines is 1. The highest BCUT2D eigenvalue weighted by molar-refractivity contribution is 6.02. The topological polar surface area (TPSA) is 42.7 Å². The van der Waals surface area contributed by atoms with Gasteiger partial charge in [0.2, 0.25) is 0 Å². The van der Waals surface area contributed by atoms with Gasteiger partial charge in [0, 0.05) is 24.0 Å². The fourth-order valence-electron chi connectivity index (χ4n) is 3.85. The molecule has 0 aliphatic rings. The predicted octanol–water partition coefficient (Wildman–Crippen LogP) is 6.86. The Kier molecular flexibility index (Phi) is 5.49. The third-order valence-electron chi connectivity index (χ3n) is 5.49. The van der Waals surface area contributed by atoms with Crippen LogP contribution in [0.15, 0.2) is 91.4 Å². The summed E-state index contributed by atoms with van der Waals surface area (Å²) in [6.07, 6.45) is -1.32. The lowest BCUT2D eigenvalue weighted by Crippen LogP contribution is -2.06. The van der Waals surface area contributed by atoms with E-state index < -0.39 is 11.7 Å². The molecule has 3 aromatic carbocycles. The molecule has 0 fully saturated rings. The van der Waals surface area contributed by atoms with Gasteiger partial charge in [-0.05, 0) is 41.5 Å². The number of alkyl halides is 3. The second-order valence-electron chi connectivity index (χ2n) is 7.73. The van der Waals surface area contributed by atoms with Crippen LogP contribution in [-0.4, -0.2) is 14.5 Å². The SMILES string of the molecule is Fc1ccc(CNc2ncnc3c2c(-c2ccccc2)cn3-c2cccc(C(F)(F)F)c2)cc1. The van der Waals surface area contributed by atoms with Gasteiger partial charge in [-0.3, -0.25) is 0 Å².